The molecule has 1 atom stereocenters. The Kier molecular flexibility index (Phi) is 3.67. The zero-order chi connectivity index (χ0) is 14.2. The van der Waals surface area contributed by atoms with E-state index in [0.29, 0.717) is 6.04 Å². The molecule has 2 heterocycles. The molecule has 1 aromatic rings. The van der Waals surface area contributed by atoms with E-state index in [-0.39, 0.29) is 5.41 Å². The Hall–Kier alpha value is -1.36. The van der Waals surface area contributed by atoms with Gasteiger partial charge in [0.15, 0.2) is 0 Å². The number of hydrazine groups is 1. The molecule has 1 aromatic heterocycles. The van der Waals surface area contributed by atoms with Crippen LogP contribution in [-0.4, -0.2) is 22.6 Å². The summed E-state index contributed by atoms with van der Waals surface area (Å²) < 4.78 is 0. The summed E-state index contributed by atoms with van der Waals surface area (Å²) in [4.78, 5) is 11.7. The lowest BCUT2D eigenvalue weighted by atomic mass is 9.95. The fraction of sp³-hybridized carbons (Fsp3) is 0.714. The predicted molar refractivity (Wildman–Crippen MR) is 79.3 cm³/mol. The van der Waals surface area contributed by atoms with Crippen LogP contribution in [0, 0.1) is 6.92 Å². The van der Waals surface area contributed by atoms with Gasteiger partial charge in [0, 0.05) is 23.6 Å². The van der Waals surface area contributed by atoms with Crippen LogP contribution in [0.5, 0.6) is 0 Å². The van der Waals surface area contributed by atoms with Crippen molar-refractivity contribution in [3.05, 3.63) is 11.4 Å². The minimum absolute atomic E-state index is 0.0863. The Morgan fingerprint density at radius 3 is 2.47 bits per heavy atom. The molecular weight excluding hydrogens is 238 g/mol. The van der Waals surface area contributed by atoms with Gasteiger partial charge >= 0.3 is 0 Å². The van der Waals surface area contributed by atoms with Gasteiger partial charge in [-0.25, -0.2) is 15.8 Å². The van der Waals surface area contributed by atoms with E-state index in [2.05, 4.69) is 43.0 Å². The Morgan fingerprint density at radius 1 is 1.32 bits per heavy atom. The Labute approximate surface area is 115 Å². The predicted octanol–water partition coefficient (Wildman–Crippen LogP) is 2.36. The summed E-state index contributed by atoms with van der Waals surface area (Å²) in [6.07, 6.45) is 2.44. The minimum Gasteiger partial charge on any atom is -0.354 e. The van der Waals surface area contributed by atoms with Crippen molar-refractivity contribution >= 4 is 11.6 Å². The normalized spacial score (nSPS) is 19.9. The van der Waals surface area contributed by atoms with E-state index in [1.165, 1.54) is 12.8 Å². The molecule has 0 aliphatic carbocycles. The molecule has 0 aromatic carbocycles. The van der Waals surface area contributed by atoms with Crippen LogP contribution >= 0.6 is 0 Å². The standard InChI is InChI=1S/C14H25N5/c1-9-7-6-8-19(9)12-10(2)11(18-15)16-13(17-12)14(3,4)5/h9H,6-8,15H2,1-5H3,(H,16,17,18). The van der Waals surface area contributed by atoms with Gasteiger partial charge in [0.2, 0.25) is 0 Å². The summed E-state index contributed by atoms with van der Waals surface area (Å²) in [5.74, 6) is 8.20. The molecule has 0 saturated carbocycles. The number of nitrogens with zero attached hydrogens (tertiary/aromatic N) is 3. The van der Waals surface area contributed by atoms with E-state index in [1.54, 1.807) is 0 Å². The molecule has 106 valence electrons. The first-order chi connectivity index (χ1) is 8.84. The molecule has 1 aliphatic rings. The van der Waals surface area contributed by atoms with Gasteiger partial charge in [0.1, 0.15) is 17.5 Å². The van der Waals surface area contributed by atoms with Crippen LogP contribution in [-0.2, 0) is 5.41 Å². The smallest absolute Gasteiger partial charge is 0.148 e. The number of rotatable bonds is 2. The number of aromatic nitrogens is 2. The van der Waals surface area contributed by atoms with Crippen molar-refractivity contribution in [2.24, 2.45) is 5.84 Å². The Balaban J connectivity index is 2.52. The van der Waals surface area contributed by atoms with Crippen molar-refractivity contribution in [2.75, 3.05) is 16.9 Å². The number of anilines is 2. The highest BCUT2D eigenvalue weighted by Crippen LogP contribution is 2.31. The second-order valence-electron chi connectivity index (χ2n) is 6.42. The zero-order valence-electron chi connectivity index (χ0n) is 12.6. The third-order valence-corrected chi connectivity index (χ3v) is 3.75. The van der Waals surface area contributed by atoms with E-state index >= 15 is 0 Å². The zero-order valence-corrected chi connectivity index (χ0v) is 12.6. The highest BCUT2D eigenvalue weighted by molar-refractivity contribution is 5.59. The van der Waals surface area contributed by atoms with E-state index < -0.39 is 0 Å². The van der Waals surface area contributed by atoms with Crippen molar-refractivity contribution in [1.82, 2.24) is 9.97 Å². The summed E-state index contributed by atoms with van der Waals surface area (Å²) >= 11 is 0. The van der Waals surface area contributed by atoms with Crippen LogP contribution in [0.15, 0.2) is 0 Å². The van der Waals surface area contributed by atoms with Crippen molar-refractivity contribution in [3.8, 4) is 0 Å². The highest BCUT2D eigenvalue weighted by atomic mass is 15.3. The molecule has 1 fully saturated rings. The highest BCUT2D eigenvalue weighted by Gasteiger charge is 2.27. The number of hydrogen-bond acceptors (Lipinski definition) is 5. The fourth-order valence-corrected chi connectivity index (χ4v) is 2.51. The minimum atomic E-state index is -0.0863. The molecule has 0 radical (unpaired) electrons. The molecule has 1 saturated heterocycles. The van der Waals surface area contributed by atoms with Crippen LogP contribution < -0.4 is 16.2 Å². The fourth-order valence-electron chi connectivity index (χ4n) is 2.51. The van der Waals surface area contributed by atoms with Crippen molar-refractivity contribution < 1.29 is 0 Å². The van der Waals surface area contributed by atoms with Crippen LogP contribution in [0.2, 0.25) is 0 Å². The topological polar surface area (TPSA) is 67.1 Å². The van der Waals surface area contributed by atoms with Gasteiger partial charge in [-0.2, -0.15) is 0 Å². The quantitative estimate of drug-likeness (QED) is 0.633. The number of nitrogen functional groups attached to an aromatic ring is 1. The maximum atomic E-state index is 5.61. The van der Waals surface area contributed by atoms with Gasteiger partial charge in [0.25, 0.3) is 0 Å². The molecule has 19 heavy (non-hydrogen) atoms. The number of nitrogens with two attached hydrogens (primary N) is 1. The first kappa shape index (κ1) is 14.1. The van der Waals surface area contributed by atoms with E-state index in [4.69, 9.17) is 10.8 Å². The van der Waals surface area contributed by atoms with E-state index in [0.717, 1.165) is 29.6 Å². The summed E-state index contributed by atoms with van der Waals surface area (Å²) in [6.45, 7) is 11.7. The Morgan fingerprint density at radius 2 is 2.00 bits per heavy atom. The van der Waals surface area contributed by atoms with Crippen molar-refractivity contribution in [2.45, 2.75) is 58.9 Å². The molecular formula is C14H25N5. The monoisotopic (exact) mass is 263 g/mol. The summed E-state index contributed by atoms with van der Waals surface area (Å²) in [5, 5.41) is 0. The van der Waals surface area contributed by atoms with E-state index in [9.17, 15) is 0 Å². The number of hydrogen-bond donors (Lipinski definition) is 2. The lowest BCUT2D eigenvalue weighted by Crippen LogP contribution is -2.30. The molecule has 1 unspecified atom stereocenters. The molecule has 3 N–H and O–H groups in total. The summed E-state index contributed by atoms with van der Waals surface area (Å²) in [6, 6.07) is 0.534. The lowest BCUT2D eigenvalue weighted by molar-refractivity contribution is 0.543. The summed E-state index contributed by atoms with van der Waals surface area (Å²) in [7, 11) is 0. The number of nitrogens with one attached hydrogen (secondary N) is 1. The second kappa shape index (κ2) is 4.96. The largest absolute Gasteiger partial charge is 0.354 e. The lowest BCUT2D eigenvalue weighted by Gasteiger charge is -2.27. The van der Waals surface area contributed by atoms with Gasteiger partial charge < -0.3 is 10.3 Å². The van der Waals surface area contributed by atoms with Gasteiger partial charge in [0.05, 0.1) is 0 Å². The van der Waals surface area contributed by atoms with E-state index in [1.807, 2.05) is 6.92 Å². The molecule has 1 aliphatic heterocycles. The van der Waals surface area contributed by atoms with Crippen LogP contribution in [0.1, 0.15) is 51.9 Å². The average molecular weight is 263 g/mol. The maximum Gasteiger partial charge on any atom is 0.148 e. The first-order valence-electron chi connectivity index (χ1n) is 6.97. The van der Waals surface area contributed by atoms with Gasteiger partial charge in [-0.3, -0.25) is 0 Å². The average Bonchev–Trinajstić information content (AvgIpc) is 2.74. The maximum absolute atomic E-state index is 5.61. The van der Waals surface area contributed by atoms with Crippen LogP contribution in [0.3, 0.4) is 0 Å². The molecule has 5 nitrogen and oxygen atoms in total. The van der Waals surface area contributed by atoms with Crippen LogP contribution in [0.25, 0.3) is 0 Å². The van der Waals surface area contributed by atoms with Crippen molar-refractivity contribution in [3.63, 3.8) is 0 Å². The summed E-state index contributed by atoms with van der Waals surface area (Å²) in [5.41, 5.74) is 3.65. The molecule has 0 bridgehead atoms. The third kappa shape index (κ3) is 2.66. The third-order valence-electron chi connectivity index (χ3n) is 3.75. The van der Waals surface area contributed by atoms with Crippen molar-refractivity contribution in [1.29, 1.82) is 0 Å². The molecule has 0 spiro atoms. The molecule has 2 rings (SSSR count). The van der Waals surface area contributed by atoms with Gasteiger partial charge in [-0.15, -0.1) is 0 Å². The van der Waals surface area contributed by atoms with Gasteiger partial charge in [-0.1, -0.05) is 20.8 Å². The molecule has 0 amide bonds. The molecule has 5 heteroatoms. The van der Waals surface area contributed by atoms with Gasteiger partial charge in [-0.05, 0) is 26.7 Å². The second-order valence-corrected chi connectivity index (χ2v) is 6.42. The first-order valence-corrected chi connectivity index (χ1v) is 6.97. The Bertz CT molecular complexity index is 464. The SMILES string of the molecule is Cc1c(NN)nc(C(C)(C)C)nc1N1CCCC1C. The van der Waals surface area contributed by atoms with Crippen LogP contribution in [0.4, 0.5) is 11.6 Å².